The number of hydrogen-bond acceptors (Lipinski definition) is 3. The summed E-state index contributed by atoms with van der Waals surface area (Å²) in [5.41, 5.74) is 1.17. The number of benzene rings is 1. The molecule has 0 aliphatic heterocycles. The molecule has 1 heterocycles. The van der Waals surface area contributed by atoms with Crippen molar-refractivity contribution >= 4 is 16.8 Å². The van der Waals surface area contributed by atoms with Gasteiger partial charge < -0.3 is 4.42 Å². The maximum atomic E-state index is 11.5. The van der Waals surface area contributed by atoms with Crippen LogP contribution in [0.2, 0.25) is 0 Å². The lowest BCUT2D eigenvalue weighted by Crippen LogP contribution is -2.02. The zero-order valence-electron chi connectivity index (χ0n) is 9.73. The highest BCUT2D eigenvalue weighted by atomic mass is 16.4. The van der Waals surface area contributed by atoms with Gasteiger partial charge in [-0.15, -0.1) is 0 Å². The van der Waals surface area contributed by atoms with Gasteiger partial charge in [0.2, 0.25) is 0 Å². The maximum Gasteiger partial charge on any atom is 0.336 e. The van der Waals surface area contributed by atoms with Crippen LogP contribution in [0.25, 0.3) is 11.0 Å². The molecule has 0 atom stereocenters. The number of rotatable bonds is 4. The van der Waals surface area contributed by atoms with Crippen molar-refractivity contribution in [2.24, 2.45) is 0 Å². The van der Waals surface area contributed by atoms with Gasteiger partial charge in [0.1, 0.15) is 11.4 Å². The molecule has 0 aliphatic carbocycles. The van der Waals surface area contributed by atoms with Gasteiger partial charge in [0, 0.05) is 24.3 Å². The summed E-state index contributed by atoms with van der Waals surface area (Å²) < 4.78 is 5.03. The first-order valence-electron chi connectivity index (χ1n) is 5.73. The minimum atomic E-state index is -0.354. The van der Waals surface area contributed by atoms with Gasteiger partial charge in [-0.1, -0.05) is 13.0 Å². The molecule has 1 aromatic carbocycles. The molecular weight excluding hydrogens is 216 g/mol. The molecule has 3 nitrogen and oxygen atoms in total. The Balaban J connectivity index is 2.29. The van der Waals surface area contributed by atoms with E-state index in [2.05, 4.69) is 0 Å². The van der Waals surface area contributed by atoms with Gasteiger partial charge in [-0.3, -0.25) is 4.79 Å². The largest absolute Gasteiger partial charge is 0.423 e. The van der Waals surface area contributed by atoms with E-state index in [1.54, 1.807) is 12.1 Å². The Labute approximate surface area is 99.1 Å². The van der Waals surface area contributed by atoms with Crippen LogP contribution in [0, 0.1) is 0 Å². The molecule has 2 rings (SSSR count). The summed E-state index contributed by atoms with van der Waals surface area (Å²) in [7, 11) is 0. The van der Waals surface area contributed by atoms with Crippen LogP contribution in [-0.4, -0.2) is 5.78 Å². The molecule has 0 saturated carbocycles. The highest BCUT2D eigenvalue weighted by molar-refractivity contribution is 5.83. The normalized spacial score (nSPS) is 10.6. The molecule has 17 heavy (non-hydrogen) atoms. The van der Waals surface area contributed by atoms with Gasteiger partial charge in [-0.2, -0.15) is 0 Å². The van der Waals surface area contributed by atoms with E-state index in [1.165, 1.54) is 6.07 Å². The van der Waals surface area contributed by atoms with Crippen molar-refractivity contribution in [3.8, 4) is 0 Å². The van der Waals surface area contributed by atoms with Crippen LogP contribution < -0.4 is 5.63 Å². The van der Waals surface area contributed by atoms with Crippen LogP contribution in [0.4, 0.5) is 0 Å². The second kappa shape index (κ2) is 4.95. The van der Waals surface area contributed by atoms with E-state index in [0.29, 0.717) is 18.4 Å². The summed E-state index contributed by atoms with van der Waals surface area (Å²) in [6.07, 6.45) is 1.94. The Hall–Kier alpha value is -1.90. The first-order chi connectivity index (χ1) is 8.19. The molecule has 0 saturated heterocycles. The van der Waals surface area contributed by atoms with E-state index in [4.69, 9.17) is 4.42 Å². The lowest BCUT2D eigenvalue weighted by Gasteiger charge is -2.01. The van der Waals surface area contributed by atoms with Gasteiger partial charge in [0.15, 0.2) is 0 Å². The number of fused-ring (bicyclic) bond motifs is 1. The fraction of sp³-hybridized carbons (Fsp3) is 0.286. The molecule has 0 bridgehead atoms. The molecule has 88 valence electrons. The molecule has 0 unspecified atom stereocenters. The summed E-state index contributed by atoms with van der Waals surface area (Å²) in [5.74, 6) is 0.240. The second-order valence-corrected chi connectivity index (χ2v) is 4.09. The third-order valence-corrected chi connectivity index (χ3v) is 2.61. The number of Topliss-reactive ketones (excluding diaryl/α,β-unsaturated/α-hetero) is 1. The van der Waals surface area contributed by atoms with Crippen molar-refractivity contribution in [1.29, 1.82) is 0 Å². The molecule has 0 radical (unpaired) electrons. The fourth-order valence-electron chi connectivity index (χ4n) is 1.83. The van der Waals surface area contributed by atoms with Gasteiger partial charge in [-0.05, 0) is 30.2 Å². The summed E-state index contributed by atoms with van der Waals surface area (Å²) >= 11 is 0. The monoisotopic (exact) mass is 230 g/mol. The zero-order chi connectivity index (χ0) is 12.3. The summed E-state index contributed by atoms with van der Waals surface area (Å²) in [6.45, 7) is 1.99. The predicted octanol–water partition coefficient (Wildman–Crippen LogP) is 2.70. The van der Waals surface area contributed by atoms with Crippen LogP contribution in [-0.2, 0) is 11.2 Å². The van der Waals surface area contributed by atoms with Crippen LogP contribution >= 0.6 is 0 Å². The first-order valence-corrected chi connectivity index (χ1v) is 5.73. The van der Waals surface area contributed by atoms with Gasteiger partial charge in [0.25, 0.3) is 0 Å². The second-order valence-electron chi connectivity index (χ2n) is 4.09. The maximum absolute atomic E-state index is 11.5. The Morgan fingerprint density at radius 1 is 1.24 bits per heavy atom. The van der Waals surface area contributed by atoms with Gasteiger partial charge in [-0.25, -0.2) is 4.79 Å². The first kappa shape index (κ1) is 11.6. The Bertz CT molecular complexity index is 596. The Morgan fingerprint density at radius 3 is 2.82 bits per heavy atom. The lowest BCUT2D eigenvalue weighted by molar-refractivity contribution is -0.118. The molecular formula is C14H14O3. The predicted molar refractivity (Wildman–Crippen MR) is 66.1 cm³/mol. The fourth-order valence-corrected chi connectivity index (χ4v) is 1.83. The number of carbonyl (C=O) groups is 1. The van der Waals surface area contributed by atoms with Crippen molar-refractivity contribution in [3.05, 3.63) is 46.3 Å². The third-order valence-electron chi connectivity index (χ3n) is 2.61. The Morgan fingerprint density at radius 2 is 2.06 bits per heavy atom. The van der Waals surface area contributed by atoms with Crippen molar-refractivity contribution in [2.45, 2.75) is 26.2 Å². The standard InChI is InChI=1S/C14H14O3/c1-2-3-12(15)9-10-4-6-13-11(8-10)5-7-14(16)17-13/h4-8H,2-3,9H2,1H3. The molecule has 0 N–H and O–H groups in total. The van der Waals surface area contributed by atoms with E-state index in [9.17, 15) is 9.59 Å². The van der Waals surface area contributed by atoms with Crippen molar-refractivity contribution in [1.82, 2.24) is 0 Å². The molecule has 0 aliphatic rings. The molecule has 0 fully saturated rings. The van der Waals surface area contributed by atoms with Crippen molar-refractivity contribution in [3.63, 3.8) is 0 Å². The van der Waals surface area contributed by atoms with Crippen LogP contribution in [0.5, 0.6) is 0 Å². The van der Waals surface area contributed by atoms with Gasteiger partial charge >= 0.3 is 5.63 Å². The van der Waals surface area contributed by atoms with Crippen LogP contribution in [0.3, 0.4) is 0 Å². The highest BCUT2D eigenvalue weighted by Crippen LogP contribution is 2.15. The van der Waals surface area contributed by atoms with Crippen LogP contribution in [0.15, 0.2) is 39.5 Å². The quantitative estimate of drug-likeness (QED) is 0.759. The molecule has 1 aromatic heterocycles. The van der Waals surface area contributed by atoms with E-state index < -0.39 is 0 Å². The molecule has 3 heteroatoms. The number of ketones is 1. The average molecular weight is 230 g/mol. The number of carbonyl (C=O) groups excluding carboxylic acids is 1. The summed E-state index contributed by atoms with van der Waals surface area (Å²) in [5, 5.41) is 0.853. The molecule has 0 spiro atoms. The van der Waals surface area contributed by atoms with E-state index in [-0.39, 0.29) is 11.4 Å². The van der Waals surface area contributed by atoms with Crippen molar-refractivity contribution in [2.75, 3.05) is 0 Å². The minimum absolute atomic E-state index is 0.240. The van der Waals surface area contributed by atoms with E-state index in [1.807, 2.05) is 19.1 Å². The smallest absolute Gasteiger partial charge is 0.336 e. The van der Waals surface area contributed by atoms with Crippen LogP contribution in [0.1, 0.15) is 25.3 Å². The lowest BCUT2D eigenvalue weighted by atomic mass is 10.0. The third kappa shape index (κ3) is 2.81. The minimum Gasteiger partial charge on any atom is -0.423 e. The molecule has 2 aromatic rings. The summed E-state index contributed by atoms with van der Waals surface area (Å²) in [4.78, 5) is 22.5. The molecule has 0 amide bonds. The zero-order valence-corrected chi connectivity index (χ0v) is 9.73. The van der Waals surface area contributed by atoms with Crippen molar-refractivity contribution < 1.29 is 9.21 Å². The topological polar surface area (TPSA) is 47.3 Å². The Kier molecular flexibility index (Phi) is 3.38. The van der Waals surface area contributed by atoms with E-state index >= 15 is 0 Å². The SMILES string of the molecule is CCCC(=O)Cc1ccc2oc(=O)ccc2c1. The highest BCUT2D eigenvalue weighted by Gasteiger charge is 2.04. The van der Waals surface area contributed by atoms with Gasteiger partial charge in [0.05, 0.1) is 0 Å². The van der Waals surface area contributed by atoms with E-state index in [0.717, 1.165) is 17.4 Å². The summed E-state index contributed by atoms with van der Waals surface area (Å²) in [6, 6.07) is 8.57. The number of hydrogen-bond donors (Lipinski definition) is 0. The average Bonchev–Trinajstić information content (AvgIpc) is 2.29.